The van der Waals surface area contributed by atoms with Gasteiger partial charge in [-0.15, -0.1) is 0 Å². The number of halogens is 2. The van der Waals surface area contributed by atoms with Crippen LogP contribution in [0.5, 0.6) is 5.75 Å². The highest BCUT2D eigenvalue weighted by Crippen LogP contribution is 2.39. The highest BCUT2D eigenvalue weighted by atomic mass is 35.5. The van der Waals surface area contributed by atoms with E-state index in [-0.39, 0.29) is 24.9 Å². The maximum absolute atomic E-state index is 13.0. The molecule has 3 heterocycles. The number of nitrogens with zero attached hydrogens (tertiary/aromatic N) is 6. The predicted molar refractivity (Wildman–Crippen MR) is 200 cm³/mol. The predicted octanol–water partition coefficient (Wildman–Crippen LogP) is 5.73. The number of hydrogen-bond acceptors (Lipinski definition) is 10. The lowest BCUT2D eigenvalue weighted by Gasteiger charge is -2.37. The Morgan fingerprint density at radius 3 is 2.29 bits per heavy atom. The zero-order valence-corrected chi connectivity index (χ0v) is 29.8. The van der Waals surface area contributed by atoms with Crippen LogP contribution < -0.4 is 25.7 Å². The Kier molecular flexibility index (Phi) is 10.9. The van der Waals surface area contributed by atoms with Gasteiger partial charge in [0.2, 0.25) is 5.79 Å². The molecular formula is C37H42Cl2N8O4. The summed E-state index contributed by atoms with van der Waals surface area (Å²) in [4.78, 5) is 17.7. The first-order valence-corrected chi connectivity index (χ1v) is 18.2. The normalized spacial score (nSPS) is 21.1. The van der Waals surface area contributed by atoms with Crippen LogP contribution >= 0.6 is 23.2 Å². The molecule has 2 aliphatic heterocycles. The quantitative estimate of drug-likeness (QED) is 0.132. The van der Waals surface area contributed by atoms with Crippen LogP contribution in [0.4, 0.5) is 11.4 Å². The number of piperazine rings is 1. The van der Waals surface area contributed by atoms with Crippen molar-refractivity contribution in [3.05, 3.63) is 99.2 Å². The first kappa shape index (κ1) is 35.1. The van der Waals surface area contributed by atoms with Gasteiger partial charge in [-0.2, -0.15) is 10.2 Å². The van der Waals surface area contributed by atoms with Gasteiger partial charge in [0.25, 0.3) is 0 Å². The Labute approximate surface area is 307 Å². The Morgan fingerprint density at radius 2 is 1.63 bits per heavy atom. The third kappa shape index (κ3) is 8.09. The number of benzene rings is 3. The van der Waals surface area contributed by atoms with Gasteiger partial charge in [-0.25, -0.2) is 14.0 Å². The van der Waals surface area contributed by atoms with Crippen molar-refractivity contribution in [2.24, 2.45) is 11.0 Å². The fraction of sp³-hybridized carbons (Fsp3) is 0.405. The van der Waals surface area contributed by atoms with Gasteiger partial charge >= 0.3 is 5.69 Å². The zero-order valence-electron chi connectivity index (χ0n) is 28.3. The van der Waals surface area contributed by atoms with Crippen LogP contribution in [-0.4, -0.2) is 78.8 Å². The van der Waals surface area contributed by atoms with Gasteiger partial charge in [0, 0.05) is 60.9 Å². The number of hydrazone groups is 1. The highest BCUT2D eigenvalue weighted by Gasteiger charge is 2.45. The molecule has 7 rings (SSSR count). The van der Waals surface area contributed by atoms with Gasteiger partial charge in [-0.3, -0.25) is 0 Å². The maximum Gasteiger partial charge on any atom is 0.350 e. The fourth-order valence-electron chi connectivity index (χ4n) is 7.08. The van der Waals surface area contributed by atoms with Crippen molar-refractivity contribution in [3.8, 4) is 11.4 Å². The van der Waals surface area contributed by atoms with E-state index < -0.39 is 5.79 Å². The molecule has 3 aliphatic rings. The number of aromatic nitrogens is 3. The number of nitrogens with one attached hydrogen (secondary N) is 2. The van der Waals surface area contributed by atoms with Crippen LogP contribution in [0, 0.1) is 11.3 Å². The molecule has 1 aromatic heterocycles. The lowest BCUT2D eigenvalue weighted by Crippen LogP contribution is -2.46. The summed E-state index contributed by atoms with van der Waals surface area (Å²) < 4.78 is 21.9. The second-order valence-corrected chi connectivity index (χ2v) is 14.0. The van der Waals surface area contributed by atoms with Crippen molar-refractivity contribution >= 4 is 47.0 Å². The molecule has 3 aromatic carbocycles. The Hall–Kier alpha value is -4.36. The number of ether oxygens (including phenoxy) is 3. The van der Waals surface area contributed by atoms with Gasteiger partial charge in [0.15, 0.2) is 0 Å². The molecule has 1 saturated carbocycles. The SMILES string of the molecule is N=C/C=N\NC[C@@]1(c2ccc(Cl)cc2Cl)OC[C@@H](COc2ccc(N3CCN(c4ccc(-n5cnn(CC6CCCC6)c5=O)cc4)CC3)cc2)O1. The second kappa shape index (κ2) is 15.9. The van der Waals surface area contributed by atoms with E-state index in [1.54, 1.807) is 33.8 Å². The first-order chi connectivity index (χ1) is 24.9. The molecule has 1 aliphatic carbocycles. The average molecular weight is 734 g/mol. The van der Waals surface area contributed by atoms with Crippen LogP contribution in [0.1, 0.15) is 31.2 Å². The van der Waals surface area contributed by atoms with Gasteiger partial charge in [-0.1, -0.05) is 42.1 Å². The largest absolute Gasteiger partial charge is 0.491 e. The molecule has 0 amide bonds. The van der Waals surface area contributed by atoms with E-state index in [1.807, 2.05) is 24.3 Å². The molecule has 14 heteroatoms. The fourth-order valence-corrected chi connectivity index (χ4v) is 7.63. The van der Waals surface area contributed by atoms with Gasteiger partial charge in [0.05, 0.1) is 30.1 Å². The molecule has 51 heavy (non-hydrogen) atoms. The molecule has 12 nitrogen and oxygen atoms in total. The van der Waals surface area contributed by atoms with E-state index in [2.05, 4.69) is 49.7 Å². The Balaban J connectivity index is 0.901. The van der Waals surface area contributed by atoms with Gasteiger partial charge in [-0.05, 0) is 79.4 Å². The monoisotopic (exact) mass is 732 g/mol. The summed E-state index contributed by atoms with van der Waals surface area (Å²) >= 11 is 12.7. The molecule has 2 saturated heterocycles. The summed E-state index contributed by atoms with van der Waals surface area (Å²) in [5.74, 6) is 0.102. The summed E-state index contributed by atoms with van der Waals surface area (Å²) in [7, 11) is 0. The molecule has 3 fully saturated rings. The van der Waals surface area contributed by atoms with Gasteiger partial charge < -0.3 is 34.8 Å². The lowest BCUT2D eigenvalue weighted by atomic mass is 10.1. The van der Waals surface area contributed by atoms with E-state index in [0.717, 1.165) is 55.2 Å². The van der Waals surface area contributed by atoms with Crippen LogP contribution in [-0.2, 0) is 21.8 Å². The molecule has 2 N–H and O–H groups in total. The van der Waals surface area contributed by atoms with Crippen molar-refractivity contribution in [2.75, 3.05) is 55.7 Å². The first-order valence-electron chi connectivity index (χ1n) is 17.4. The van der Waals surface area contributed by atoms with Crippen LogP contribution in [0.3, 0.4) is 0 Å². The lowest BCUT2D eigenvalue weighted by molar-refractivity contribution is -0.175. The summed E-state index contributed by atoms with van der Waals surface area (Å²) in [6.45, 7) is 5.00. The average Bonchev–Trinajstić information content (AvgIpc) is 3.91. The number of hydrogen-bond donors (Lipinski definition) is 2. The molecule has 4 aromatic rings. The van der Waals surface area contributed by atoms with Crippen LogP contribution in [0.25, 0.3) is 5.69 Å². The van der Waals surface area contributed by atoms with E-state index in [9.17, 15) is 4.79 Å². The van der Waals surface area contributed by atoms with Crippen LogP contribution in [0.15, 0.2) is 83.0 Å². The summed E-state index contributed by atoms with van der Waals surface area (Å²) in [5, 5.41) is 16.5. The Morgan fingerprint density at radius 1 is 0.961 bits per heavy atom. The van der Waals surface area contributed by atoms with E-state index in [4.69, 9.17) is 42.8 Å². The summed E-state index contributed by atoms with van der Waals surface area (Å²) in [6.07, 6.45) is 8.56. The molecule has 2 atom stereocenters. The molecule has 268 valence electrons. The van der Waals surface area contributed by atoms with Crippen LogP contribution in [0.2, 0.25) is 10.0 Å². The third-order valence-corrected chi connectivity index (χ3v) is 10.4. The summed E-state index contributed by atoms with van der Waals surface area (Å²) in [6, 6.07) is 21.5. The molecule has 0 bridgehead atoms. The standard InChI is InChI=1S/C37H42Cl2N8O4/c38-28-5-14-34(35(39)21-28)37(25-42-41-16-15-40)50-24-33(51-37)23-49-32-12-10-30(11-13-32)45-19-17-44(18-20-45)29-6-8-31(9-7-29)46-26-43-47(36(46)48)22-27-3-1-2-4-27/h5-16,21,26-27,33,40,42H,1-4,17-20,22-25H2/b40-15?,41-16-/t33-,37-/m1/s1. The van der Waals surface area contributed by atoms with Gasteiger partial charge in [0.1, 0.15) is 24.8 Å². The minimum Gasteiger partial charge on any atom is -0.491 e. The third-order valence-electron chi connectivity index (χ3n) is 9.80. The molecule has 0 spiro atoms. The molecular weight excluding hydrogens is 691 g/mol. The minimum absolute atomic E-state index is 0.0719. The number of anilines is 2. The minimum atomic E-state index is -1.19. The highest BCUT2D eigenvalue weighted by molar-refractivity contribution is 6.35. The maximum atomic E-state index is 13.0. The summed E-state index contributed by atoms with van der Waals surface area (Å²) in [5.41, 5.74) is 6.56. The Bertz CT molecular complexity index is 1870. The van der Waals surface area contributed by atoms with E-state index in [1.165, 1.54) is 31.9 Å². The van der Waals surface area contributed by atoms with Crippen molar-refractivity contribution < 1.29 is 14.2 Å². The second-order valence-electron chi connectivity index (χ2n) is 13.1. The van der Waals surface area contributed by atoms with Crippen molar-refractivity contribution in [1.29, 1.82) is 5.41 Å². The van der Waals surface area contributed by atoms with E-state index >= 15 is 0 Å². The van der Waals surface area contributed by atoms with Crippen molar-refractivity contribution in [1.82, 2.24) is 19.8 Å². The van der Waals surface area contributed by atoms with Crippen molar-refractivity contribution in [2.45, 2.75) is 44.1 Å². The zero-order chi connectivity index (χ0) is 35.2. The number of rotatable bonds is 13. The topological polar surface area (TPSA) is 122 Å². The molecule has 0 radical (unpaired) electrons. The van der Waals surface area contributed by atoms with E-state index in [0.29, 0.717) is 34.7 Å². The smallest absolute Gasteiger partial charge is 0.350 e. The molecule has 0 unspecified atom stereocenters. The van der Waals surface area contributed by atoms with Crippen molar-refractivity contribution in [3.63, 3.8) is 0 Å².